The van der Waals surface area contributed by atoms with Crippen molar-refractivity contribution in [2.24, 2.45) is 0 Å². The molecule has 0 aromatic heterocycles. The Morgan fingerprint density at radius 3 is 3.00 bits per heavy atom. The molecule has 0 spiro atoms. The zero-order valence-corrected chi connectivity index (χ0v) is 8.18. The molecule has 1 N–H and O–H groups in total. The molecule has 0 saturated heterocycles. The summed E-state index contributed by atoms with van der Waals surface area (Å²) < 4.78 is 5.23. The first kappa shape index (κ1) is 8.42. The Labute approximate surface area is 78.9 Å². The van der Waals surface area contributed by atoms with Gasteiger partial charge in [0.2, 0.25) is 0 Å². The number of fused-ring (bicyclic) bond motifs is 1. The fraction of sp³-hybridized carbons (Fsp3) is 0.455. The Bertz CT molecular complexity index is 320. The zero-order chi connectivity index (χ0) is 9.26. The van der Waals surface area contributed by atoms with Gasteiger partial charge in [0.1, 0.15) is 5.75 Å². The van der Waals surface area contributed by atoms with Gasteiger partial charge >= 0.3 is 0 Å². The van der Waals surface area contributed by atoms with E-state index in [1.54, 1.807) is 7.11 Å². The van der Waals surface area contributed by atoms with Crippen LogP contribution in [0, 0.1) is 6.92 Å². The molecule has 0 fully saturated rings. The van der Waals surface area contributed by atoms with Gasteiger partial charge in [-0.3, -0.25) is 0 Å². The predicted octanol–water partition coefficient (Wildman–Crippen LogP) is 2.36. The Kier molecular flexibility index (Phi) is 2.13. The molecule has 1 aliphatic heterocycles. The predicted molar refractivity (Wildman–Crippen MR) is 54.5 cm³/mol. The van der Waals surface area contributed by atoms with Crippen molar-refractivity contribution in [3.05, 3.63) is 23.3 Å². The highest BCUT2D eigenvalue weighted by atomic mass is 16.5. The molecule has 1 aromatic rings. The second kappa shape index (κ2) is 3.29. The molecule has 0 bridgehead atoms. The normalized spacial score (nSPS) is 14.6. The van der Waals surface area contributed by atoms with Crippen LogP contribution >= 0.6 is 0 Å². The Morgan fingerprint density at radius 1 is 1.38 bits per heavy atom. The van der Waals surface area contributed by atoms with Crippen LogP contribution in [0.3, 0.4) is 0 Å². The number of anilines is 1. The van der Waals surface area contributed by atoms with Crippen molar-refractivity contribution in [2.45, 2.75) is 19.8 Å². The molecular formula is C11H15NO. The van der Waals surface area contributed by atoms with Gasteiger partial charge in [0.25, 0.3) is 0 Å². The van der Waals surface area contributed by atoms with Crippen LogP contribution in [0.25, 0.3) is 0 Å². The topological polar surface area (TPSA) is 21.3 Å². The lowest BCUT2D eigenvalue weighted by Gasteiger charge is -2.20. The van der Waals surface area contributed by atoms with Crippen molar-refractivity contribution in [2.75, 3.05) is 19.0 Å². The summed E-state index contributed by atoms with van der Waals surface area (Å²) >= 11 is 0. The Morgan fingerprint density at radius 2 is 2.23 bits per heavy atom. The number of benzene rings is 1. The Balaban J connectivity index is 2.47. The first-order valence-corrected chi connectivity index (χ1v) is 4.72. The minimum atomic E-state index is 0.972. The molecule has 2 heteroatoms. The van der Waals surface area contributed by atoms with E-state index in [9.17, 15) is 0 Å². The average Bonchev–Trinajstić information content (AvgIpc) is 2.18. The highest BCUT2D eigenvalue weighted by Crippen LogP contribution is 2.29. The van der Waals surface area contributed by atoms with Crippen LogP contribution in [0.5, 0.6) is 5.75 Å². The summed E-state index contributed by atoms with van der Waals surface area (Å²) in [6.45, 7) is 3.22. The zero-order valence-electron chi connectivity index (χ0n) is 8.18. The third kappa shape index (κ3) is 1.48. The summed E-state index contributed by atoms with van der Waals surface area (Å²) in [6, 6.07) is 4.21. The van der Waals surface area contributed by atoms with Crippen LogP contribution in [0.2, 0.25) is 0 Å². The molecule has 2 nitrogen and oxygen atoms in total. The maximum atomic E-state index is 5.23. The van der Waals surface area contributed by atoms with Gasteiger partial charge in [-0.15, -0.1) is 0 Å². The molecule has 70 valence electrons. The molecule has 0 atom stereocenters. The quantitative estimate of drug-likeness (QED) is 0.711. The number of ether oxygens (including phenoxy) is 1. The van der Waals surface area contributed by atoms with Crippen LogP contribution in [0.4, 0.5) is 5.69 Å². The van der Waals surface area contributed by atoms with Crippen molar-refractivity contribution in [1.82, 2.24) is 0 Å². The summed E-state index contributed by atoms with van der Waals surface area (Å²) in [5, 5.41) is 3.43. The third-order valence-corrected chi connectivity index (χ3v) is 2.55. The first-order valence-electron chi connectivity index (χ1n) is 4.72. The van der Waals surface area contributed by atoms with Crippen LogP contribution in [0.1, 0.15) is 17.5 Å². The van der Waals surface area contributed by atoms with Gasteiger partial charge in [0, 0.05) is 12.2 Å². The first-order chi connectivity index (χ1) is 6.31. The minimum absolute atomic E-state index is 0.972. The second-order valence-corrected chi connectivity index (χ2v) is 3.51. The number of hydrogen-bond acceptors (Lipinski definition) is 2. The maximum absolute atomic E-state index is 5.23. The summed E-state index contributed by atoms with van der Waals surface area (Å²) in [4.78, 5) is 0. The van der Waals surface area contributed by atoms with Crippen molar-refractivity contribution in [1.29, 1.82) is 0 Å². The van der Waals surface area contributed by atoms with E-state index in [2.05, 4.69) is 24.4 Å². The van der Waals surface area contributed by atoms with E-state index < -0.39 is 0 Å². The van der Waals surface area contributed by atoms with Gasteiger partial charge < -0.3 is 10.1 Å². The average molecular weight is 177 g/mol. The fourth-order valence-electron chi connectivity index (χ4n) is 1.88. The Hall–Kier alpha value is -1.18. The van der Waals surface area contributed by atoms with Crippen LogP contribution in [0.15, 0.2) is 12.1 Å². The van der Waals surface area contributed by atoms with Crippen molar-refractivity contribution in [3.8, 4) is 5.75 Å². The molecule has 2 rings (SSSR count). The number of aryl methyl sites for hydroxylation is 2. The van der Waals surface area contributed by atoms with Gasteiger partial charge in [-0.25, -0.2) is 0 Å². The fourth-order valence-corrected chi connectivity index (χ4v) is 1.88. The molecule has 1 aliphatic rings. The number of nitrogens with one attached hydrogen (secondary N) is 1. The standard InChI is InChI=1S/C11H15NO/c1-8-6-10(13-2)7-9-4-3-5-12-11(8)9/h6-7,12H,3-5H2,1-2H3. The molecule has 0 amide bonds. The van der Waals surface area contributed by atoms with Crippen LogP contribution < -0.4 is 10.1 Å². The van der Waals surface area contributed by atoms with Crippen LogP contribution in [-0.2, 0) is 6.42 Å². The van der Waals surface area contributed by atoms with E-state index in [1.807, 2.05) is 0 Å². The smallest absolute Gasteiger partial charge is 0.119 e. The minimum Gasteiger partial charge on any atom is -0.497 e. The summed E-state index contributed by atoms with van der Waals surface area (Å²) in [5.41, 5.74) is 3.99. The van der Waals surface area contributed by atoms with Crippen molar-refractivity contribution in [3.63, 3.8) is 0 Å². The highest BCUT2D eigenvalue weighted by molar-refractivity contribution is 5.61. The molecule has 0 aliphatic carbocycles. The van der Waals surface area contributed by atoms with Crippen molar-refractivity contribution < 1.29 is 4.74 Å². The largest absolute Gasteiger partial charge is 0.497 e. The van der Waals surface area contributed by atoms with E-state index >= 15 is 0 Å². The SMILES string of the molecule is COc1cc(C)c2c(c1)CCCN2. The monoisotopic (exact) mass is 177 g/mol. The lowest BCUT2D eigenvalue weighted by molar-refractivity contribution is 0.414. The number of rotatable bonds is 1. The van der Waals surface area contributed by atoms with E-state index in [1.165, 1.54) is 29.7 Å². The van der Waals surface area contributed by atoms with E-state index in [-0.39, 0.29) is 0 Å². The third-order valence-electron chi connectivity index (χ3n) is 2.55. The van der Waals surface area contributed by atoms with Gasteiger partial charge in [0.15, 0.2) is 0 Å². The number of methoxy groups -OCH3 is 1. The molecule has 0 saturated carbocycles. The summed E-state index contributed by atoms with van der Waals surface area (Å²) in [6.07, 6.45) is 2.39. The van der Waals surface area contributed by atoms with Gasteiger partial charge in [-0.1, -0.05) is 0 Å². The van der Waals surface area contributed by atoms with E-state index in [0.717, 1.165) is 12.3 Å². The second-order valence-electron chi connectivity index (χ2n) is 3.51. The van der Waals surface area contributed by atoms with Crippen LogP contribution in [-0.4, -0.2) is 13.7 Å². The molecule has 0 unspecified atom stereocenters. The molecule has 0 radical (unpaired) electrons. The number of hydrogen-bond donors (Lipinski definition) is 1. The summed E-state index contributed by atoms with van der Waals surface area (Å²) in [5.74, 6) is 0.972. The lowest BCUT2D eigenvalue weighted by Crippen LogP contribution is -2.12. The van der Waals surface area contributed by atoms with E-state index in [0.29, 0.717) is 0 Å². The molecule has 1 aromatic carbocycles. The van der Waals surface area contributed by atoms with Crippen molar-refractivity contribution >= 4 is 5.69 Å². The van der Waals surface area contributed by atoms with Gasteiger partial charge in [-0.05, 0) is 43.0 Å². The summed E-state index contributed by atoms with van der Waals surface area (Å²) in [7, 11) is 1.72. The maximum Gasteiger partial charge on any atom is 0.119 e. The van der Waals surface area contributed by atoms with E-state index in [4.69, 9.17) is 4.74 Å². The molecule has 13 heavy (non-hydrogen) atoms. The molecule has 1 heterocycles. The lowest BCUT2D eigenvalue weighted by atomic mass is 10.00. The van der Waals surface area contributed by atoms with Gasteiger partial charge in [-0.2, -0.15) is 0 Å². The molecular weight excluding hydrogens is 162 g/mol. The van der Waals surface area contributed by atoms with Gasteiger partial charge in [0.05, 0.1) is 7.11 Å². The highest BCUT2D eigenvalue weighted by Gasteiger charge is 2.11.